The van der Waals surface area contributed by atoms with Crippen molar-refractivity contribution in [2.45, 2.75) is 57.7 Å². The van der Waals surface area contributed by atoms with E-state index >= 15 is 0 Å². The molecule has 2 aliphatic carbocycles. The molecular weight excluding hydrogens is 253 g/mol. The lowest BCUT2D eigenvalue weighted by Gasteiger charge is -2.36. The van der Waals surface area contributed by atoms with Crippen molar-refractivity contribution in [3.63, 3.8) is 0 Å². The molecule has 5 heteroatoms. The molecule has 1 N–H and O–H groups in total. The van der Waals surface area contributed by atoms with Gasteiger partial charge in [-0.1, -0.05) is 19.8 Å². The molecule has 2 aliphatic rings. The zero-order valence-corrected chi connectivity index (χ0v) is 11.7. The van der Waals surface area contributed by atoms with Gasteiger partial charge in [-0.2, -0.15) is 13.2 Å². The van der Waals surface area contributed by atoms with Crippen molar-refractivity contribution in [3.05, 3.63) is 0 Å². The van der Waals surface area contributed by atoms with Gasteiger partial charge in [0.2, 0.25) is 0 Å². The van der Waals surface area contributed by atoms with Gasteiger partial charge in [0.1, 0.15) is 0 Å². The number of hydrogen-bond acceptors (Lipinski definition) is 2. The molecule has 0 amide bonds. The van der Waals surface area contributed by atoms with Crippen LogP contribution in [0.3, 0.4) is 0 Å². The molecule has 0 aliphatic heterocycles. The smallest absolute Gasteiger partial charge is 0.316 e. The van der Waals surface area contributed by atoms with E-state index in [9.17, 15) is 13.2 Å². The first kappa shape index (κ1) is 15.1. The summed E-state index contributed by atoms with van der Waals surface area (Å²) in [6.45, 7) is 3.70. The first-order valence-electron chi connectivity index (χ1n) is 7.46. The lowest BCUT2D eigenvalue weighted by molar-refractivity contribution is -0.150. The summed E-state index contributed by atoms with van der Waals surface area (Å²) < 4.78 is 38.1. The second kappa shape index (κ2) is 6.00. The van der Waals surface area contributed by atoms with Crippen LogP contribution >= 0.6 is 0 Å². The second-order valence-corrected chi connectivity index (χ2v) is 6.24. The highest BCUT2D eigenvalue weighted by molar-refractivity contribution is 4.94. The van der Waals surface area contributed by atoms with Crippen LogP contribution in [-0.4, -0.2) is 43.3 Å². The summed E-state index contributed by atoms with van der Waals surface area (Å²) in [6.07, 6.45) is 2.27. The van der Waals surface area contributed by atoms with Gasteiger partial charge in [-0.3, -0.25) is 4.90 Å². The van der Waals surface area contributed by atoms with E-state index in [1.165, 1.54) is 0 Å². The van der Waals surface area contributed by atoms with E-state index in [1.807, 2.05) is 0 Å². The summed E-state index contributed by atoms with van der Waals surface area (Å²) >= 11 is 0. The van der Waals surface area contributed by atoms with Gasteiger partial charge in [-0.25, -0.2) is 0 Å². The molecule has 0 radical (unpaired) electrons. The third kappa shape index (κ3) is 4.63. The topological polar surface area (TPSA) is 15.3 Å². The van der Waals surface area contributed by atoms with Crippen molar-refractivity contribution in [3.8, 4) is 0 Å². The van der Waals surface area contributed by atoms with E-state index in [4.69, 9.17) is 0 Å². The first-order valence-corrected chi connectivity index (χ1v) is 7.46. The molecule has 0 heterocycles. The number of nitrogens with zero attached hydrogens (tertiary/aromatic N) is 1. The lowest BCUT2D eigenvalue weighted by atomic mass is 9.85. The van der Waals surface area contributed by atoms with Crippen LogP contribution in [0.2, 0.25) is 0 Å². The Bertz CT molecular complexity index is 281. The van der Waals surface area contributed by atoms with E-state index in [-0.39, 0.29) is 11.5 Å². The molecule has 0 unspecified atom stereocenters. The Hall–Kier alpha value is -0.290. The Labute approximate surface area is 113 Å². The monoisotopic (exact) mass is 278 g/mol. The summed E-state index contributed by atoms with van der Waals surface area (Å²) in [4.78, 5) is 1.70. The molecule has 0 spiro atoms. The van der Waals surface area contributed by atoms with Crippen LogP contribution < -0.4 is 5.32 Å². The predicted molar refractivity (Wildman–Crippen MR) is 70.1 cm³/mol. The van der Waals surface area contributed by atoms with Crippen LogP contribution in [0.5, 0.6) is 0 Å². The maximum Gasteiger partial charge on any atom is 0.401 e. The summed E-state index contributed by atoms with van der Waals surface area (Å²) in [5.41, 5.74) is 0.0733. The maximum atomic E-state index is 12.7. The zero-order chi connectivity index (χ0) is 13.9. The Balaban J connectivity index is 1.96. The van der Waals surface area contributed by atoms with Crippen molar-refractivity contribution in [2.75, 3.05) is 26.2 Å². The Morgan fingerprint density at radius 1 is 1.21 bits per heavy atom. The predicted octanol–water partition coefficient (Wildman–Crippen LogP) is 3.18. The lowest BCUT2D eigenvalue weighted by Crippen LogP contribution is -2.46. The summed E-state index contributed by atoms with van der Waals surface area (Å²) in [5.74, 6) is 0. The largest absolute Gasteiger partial charge is 0.401 e. The highest BCUT2D eigenvalue weighted by Crippen LogP contribution is 2.41. The highest BCUT2D eigenvalue weighted by atomic mass is 19.4. The van der Waals surface area contributed by atoms with Gasteiger partial charge in [-0.15, -0.1) is 0 Å². The van der Waals surface area contributed by atoms with Gasteiger partial charge in [-0.05, 0) is 37.6 Å². The van der Waals surface area contributed by atoms with Gasteiger partial charge < -0.3 is 5.32 Å². The molecule has 0 bridgehead atoms. The van der Waals surface area contributed by atoms with Gasteiger partial charge >= 0.3 is 6.18 Å². The molecule has 0 aromatic carbocycles. The van der Waals surface area contributed by atoms with Crippen molar-refractivity contribution >= 4 is 0 Å². The molecule has 19 heavy (non-hydrogen) atoms. The van der Waals surface area contributed by atoms with Crippen molar-refractivity contribution in [1.29, 1.82) is 0 Å². The van der Waals surface area contributed by atoms with Gasteiger partial charge in [0.25, 0.3) is 0 Å². The minimum Gasteiger partial charge on any atom is -0.316 e. The van der Waals surface area contributed by atoms with E-state index in [0.717, 1.165) is 51.6 Å². The Morgan fingerprint density at radius 3 is 2.32 bits per heavy atom. The SMILES string of the molecule is CCNCC1(CN(CC(F)(F)F)C2CC2)CCCC1. The molecule has 112 valence electrons. The molecule has 0 aromatic rings. The van der Waals surface area contributed by atoms with Gasteiger partial charge in [0.05, 0.1) is 6.54 Å². The van der Waals surface area contributed by atoms with E-state index < -0.39 is 12.7 Å². The van der Waals surface area contributed by atoms with E-state index in [1.54, 1.807) is 4.90 Å². The molecule has 2 rings (SSSR count). The van der Waals surface area contributed by atoms with Crippen molar-refractivity contribution < 1.29 is 13.2 Å². The van der Waals surface area contributed by atoms with Gasteiger partial charge in [0, 0.05) is 19.1 Å². The zero-order valence-electron chi connectivity index (χ0n) is 11.7. The van der Waals surface area contributed by atoms with Crippen molar-refractivity contribution in [2.24, 2.45) is 5.41 Å². The van der Waals surface area contributed by atoms with Crippen LogP contribution in [0.15, 0.2) is 0 Å². The van der Waals surface area contributed by atoms with Crippen LogP contribution in [0.25, 0.3) is 0 Å². The quantitative estimate of drug-likeness (QED) is 0.769. The minimum atomic E-state index is -4.07. The van der Waals surface area contributed by atoms with Gasteiger partial charge in [0.15, 0.2) is 0 Å². The first-order chi connectivity index (χ1) is 8.94. The molecule has 0 aromatic heterocycles. The van der Waals surface area contributed by atoms with Crippen LogP contribution in [0.1, 0.15) is 45.4 Å². The molecule has 0 saturated heterocycles. The number of hydrogen-bond donors (Lipinski definition) is 1. The third-order valence-corrected chi connectivity index (χ3v) is 4.40. The number of rotatable bonds is 7. The number of nitrogens with one attached hydrogen (secondary N) is 1. The molecular formula is C14H25F3N2. The highest BCUT2D eigenvalue weighted by Gasteiger charge is 2.43. The molecule has 2 nitrogen and oxygen atoms in total. The fourth-order valence-corrected chi connectivity index (χ4v) is 3.32. The standard InChI is InChI=1S/C14H25F3N2/c1-2-18-9-13(7-3-4-8-13)10-19(12-5-6-12)11-14(15,16)17/h12,18H,2-11H2,1H3. The number of halogens is 3. The second-order valence-electron chi connectivity index (χ2n) is 6.24. The summed E-state index contributed by atoms with van der Waals surface area (Å²) in [5, 5.41) is 3.35. The summed E-state index contributed by atoms with van der Waals surface area (Å²) in [7, 11) is 0. The Kier molecular flexibility index (Phi) is 4.77. The summed E-state index contributed by atoms with van der Waals surface area (Å²) in [6, 6.07) is 0.181. The minimum absolute atomic E-state index is 0.0733. The molecule has 2 saturated carbocycles. The van der Waals surface area contributed by atoms with E-state index in [0.29, 0.717) is 6.54 Å². The normalized spacial score (nSPS) is 23.2. The molecule has 2 fully saturated rings. The fraction of sp³-hybridized carbons (Fsp3) is 1.00. The average molecular weight is 278 g/mol. The number of alkyl halides is 3. The van der Waals surface area contributed by atoms with Crippen LogP contribution in [0.4, 0.5) is 13.2 Å². The molecule has 0 atom stereocenters. The Morgan fingerprint density at radius 2 is 1.84 bits per heavy atom. The third-order valence-electron chi connectivity index (χ3n) is 4.40. The maximum absolute atomic E-state index is 12.7. The average Bonchev–Trinajstić information content (AvgIpc) is 3.07. The fourth-order valence-electron chi connectivity index (χ4n) is 3.32. The van der Waals surface area contributed by atoms with Crippen molar-refractivity contribution in [1.82, 2.24) is 10.2 Å². The van der Waals surface area contributed by atoms with Crippen LogP contribution in [-0.2, 0) is 0 Å². The van der Waals surface area contributed by atoms with E-state index in [2.05, 4.69) is 12.2 Å². The van der Waals surface area contributed by atoms with Crippen LogP contribution in [0, 0.1) is 5.41 Å².